The Morgan fingerprint density at radius 3 is 2.39 bits per heavy atom. The van der Waals surface area contributed by atoms with Crippen LogP contribution in [0.25, 0.3) is 17.1 Å². The number of nitrogens with zero attached hydrogens (tertiary/aromatic N) is 4. The number of carbonyl (C=O) groups is 1. The zero-order chi connectivity index (χ0) is 27.3. The summed E-state index contributed by atoms with van der Waals surface area (Å²) in [5.41, 5.74) is 4.26. The van der Waals surface area contributed by atoms with Crippen LogP contribution in [0.2, 0.25) is 0 Å². The number of carbonyl (C=O) groups excluding carboxylic acids is 1. The molecule has 10 heteroatoms. The third-order valence-electron chi connectivity index (χ3n) is 6.08. The lowest BCUT2D eigenvalue weighted by atomic mass is 10.1. The fraction of sp³-hybridized carbons (Fsp3) is 0.250. The van der Waals surface area contributed by atoms with Crippen LogP contribution in [-0.4, -0.2) is 52.2 Å². The number of hydrogen-bond donors (Lipinski definition) is 1. The average Bonchev–Trinajstić information content (AvgIpc) is 3.35. The fourth-order valence-electron chi connectivity index (χ4n) is 4.06. The lowest BCUT2D eigenvalue weighted by Gasteiger charge is -2.19. The van der Waals surface area contributed by atoms with Crippen molar-refractivity contribution in [2.75, 3.05) is 24.2 Å². The summed E-state index contributed by atoms with van der Waals surface area (Å²) in [6, 6.07) is 22.2. The van der Waals surface area contributed by atoms with Gasteiger partial charge in [-0.2, -0.15) is 4.31 Å². The van der Waals surface area contributed by atoms with Crippen LogP contribution < -0.4 is 5.32 Å². The third kappa shape index (κ3) is 5.98. The van der Waals surface area contributed by atoms with Gasteiger partial charge in [0.2, 0.25) is 15.9 Å². The van der Waals surface area contributed by atoms with Crippen LogP contribution >= 0.6 is 11.8 Å². The predicted molar refractivity (Wildman–Crippen MR) is 152 cm³/mol. The minimum absolute atomic E-state index is 0.134. The Bertz CT molecular complexity index is 1530. The first-order valence-electron chi connectivity index (χ1n) is 12.4. The topological polar surface area (TPSA) is 97.2 Å². The number of anilines is 1. The molecule has 4 aromatic rings. The summed E-state index contributed by atoms with van der Waals surface area (Å²) in [5.74, 6) is 0.472. The number of hydrogen-bond acceptors (Lipinski definition) is 6. The average molecular weight is 550 g/mol. The van der Waals surface area contributed by atoms with Crippen molar-refractivity contribution >= 4 is 33.4 Å². The molecule has 1 heterocycles. The first kappa shape index (κ1) is 27.6. The standard InChI is InChI=1S/C28H31N5O3S2/c1-5-32(6-2)38(35,36)24-14-10-11-22(18-24)27-30-31-28(33(27)23-12-8-7-9-13-23)37-19-26(34)29-25-17-20(3)15-16-21(25)4/h7-18H,5-6,19H2,1-4H3,(H,29,34). The molecule has 1 aromatic heterocycles. The summed E-state index contributed by atoms with van der Waals surface area (Å²) >= 11 is 1.27. The largest absolute Gasteiger partial charge is 0.325 e. The van der Waals surface area contributed by atoms with Gasteiger partial charge in [-0.15, -0.1) is 10.2 Å². The Balaban J connectivity index is 1.66. The second kappa shape index (κ2) is 11.9. The third-order valence-corrected chi connectivity index (χ3v) is 9.06. The molecule has 0 aliphatic carbocycles. The highest BCUT2D eigenvalue weighted by atomic mass is 32.2. The van der Waals surface area contributed by atoms with Gasteiger partial charge in [-0.1, -0.05) is 68.1 Å². The summed E-state index contributed by atoms with van der Waals surface area (Å²) in [4.78, 5) is 13.0. The Labute approximate surface area is 228 Å². The second-order valence-corrected chi connectivity index (χ2v) is 11.6. The molecule has 0 atom stereocenters. The van der Waals surface area contributed by atoms with E-state index in [0.717, 1.165) is 22.5 Å². The Morgan fingerprint density at radius 2 is 1.68 bits per heavy atom. The number of aryl methyl sites for hydroxylation is 2. The van der Waals surface area contributed by atoms with E-state index in [4.69, 9.17) is 0 Å². The number of nitrogens with one attached hydrogen (secondary N) is 1. The molecule has 1 N–H and O–H groups in total. The van der Waals surface area contributed by atoms with Crippen molar-refractivity contribution in [1.29, 1.82) is 0 Å². The van der Waals surface area contributed by atoms with Gasteiger partial charge in [0.15, 0.2) is 11.0 Å². The van der Waals surface area contributed by atoms with Crippen molar-refractivity contribution < 1.29 is 13.2 Å². The molecule has 0 spiro atoms. The number of aromatic nitrogens is 3. The van der Waals surface area contributed by atoms with E-state index in [1.165, 1.54) is 16.1 Å². The number of para-hydroxylation sites is 1. The summed E-state index contributed by atoms with van der Waals surface area (Å²) in [6.07, 6.45) is 0. The Hall–Kier alpha value is -3.47. The maximum Gasteiger partial charge on any atom is 0.243 e. The normalized spacial score (nSPS) is 11.6. The van der Waals surface area contributed by atoms with Crippen molar-refractivity contribution in [2.24, 2.45) is 0 Å². The van der Waals surface area contributed by atoms with E-state index in [9.17, 15) is 13.2 Å². The molecule has 0 aliphatic rings. The molecule has 3 aromatic carbocycles. The van der Waals surface area contributed by atoms with E-state index in [2.05, 4.69) is 15.5 Å². The molecule has 38 heavy (non-hydrogen) atoms. The lowest BCUT2D eigenvalue weighted by molar-refractivity contribution is -0.113. The van der Waals surface area contributed by atoms with Crippen LogP contribution in [0.4, 0.5) is 5.69 Å². The first-order chi connectivity index (χ1) is 18.2. The van der Waals surface area contributed by atoms with E-state index >= 15 is 0 Å². The molecule has 1 amide bonds. The quantitative estimate of drug-likeness (QED) is 0.269. The van der Waals surface area contributed by atoms with Crippen LogP contribution in [0.3, 0.4) is 0 Å². The number of rotatable bonds is 10. The molecule has 198 valence electrons. The highest BCUT2D eigenvalue weighted by Crippen LogP contribution is 2.30. The van der Waals surface area contributed by atoms with E-state index < -0.39 is 10.0 Å². The predicted octanol–water partition coefficient (Wildman–Crippen LogP) is 5.31. The maximum atomic E-state index is 13.1. The zero-order valence-electron chi connectivity index (χ0n) is 21.9. The summed E-state index contributed by atoms with van der Waals surface area (Å²) in [7, 11) is -3.64. The molecule has 8 nitrogen and oxygen atoms in total. The molecule has 0 aliphatic heterocycles. The van der Waals surface area contributed by atoms with E-state index in [1.807, 2.05) is 86.9 Å². The van der Waals surface area contributed by atoms with Gasteiger partial charge in [0.25, 0.3) is 0 Å². The number of benzene rings is 3. The summed E-state index contributed by atoms with van der Waals surface area (Å²) < 4.78 is 29.6. The molecule has 0 saturated heterocycles. The molecule has 0 saturated carbocycles. The number of sulfonamides is 1. The highest BCUT2D eigenvalue weighted by molar-refractivity contribution is 7.99. The van der Waals surface area contributed by atoms with Crippen LogP contribution in [0.15, 0.2) is 82.8 Å². The molecular formula is C28H31N5O3S2. The SMILES string of the molecule is CCN(CC)S(=O)(=O)c1cccc(-c2nnc(SCC(=O)Nc3cc(C)ccc3C)n2-c2ccccc2)c1. The lowest BCUT2D eigenvalue weighted by Crippen LogP contribution is -2.30. The van der Waals surface area contributed by atoms with Crippen LogP contribution in [0.5, 0.6) is 0 Å². The first-order valence-corrected chi connectivity index (χ1v) is 14.8. The molecule has 0 unspecified atom stereocenters. The van der Waals surface area contributed by atoms with E-state index in [-0.39, 0.29) is 16.6 Å². The van der Waals surface area contributed by atoms with E-state index in [0.29, 0.717) is 29.6 Å². The van der Waals surface area contributed by atoms with Crippen LogP contribution in [-0.2, 0) is 14.8 Å². The van der Waals surface area contributed by atoms with Gasteiger partial charge in [-0.3, -0.25) is 9.36 Å². The minimum Gasteiger partial charge on any atom is -0.325 e. The molecule has 4 rings (SSSR count). The van der Waals surface area contributed by atoms with Crippen LogP contribution in [0, 0.1) is 13.8 Å². The van der Waals surface area contributed by atoms with Crippen LogP contribution in [0.1, 0.15) is 25.0 Å². The van der Waals surface area contributed by atoms with Crippen molar-refractivity contribution in [2.45, 2.75) is 37.7 Å². The second-order valence-electron chi connectivity index (χ2n) is 8.75. The van der Waals surface area contributed by atoms with Crippen molar-refractivity contribution in [1.82, 2.24) is 19.1 Å². The zero-order valence-corrected chi connectivity index (χ0v) is 23.5. The minimum atomic E-state index is -3.64. The van der Waals surface area contributed by atoms with Crippen molar-refractivity contribution in [3.05, 3.63) is 83.9 Å². The molecule has 0 radical (unpaired) electrons. The van der Waals surface area contributed by atoms with Gasteiger partial charge >= 0.3 is 0 Å². The monoisotopic (exact) mass is 549 g/mol. The number of amides is 1. The Kier molecular flexibility index (Phi) is 8.65. The summed E-state index contributed by atoms with van der Waals surface area (Å²) in [6.45, 7) is 8.33. The number of thioether (sulfide) groups is 1. The van der Waals surface area contributed by atoms with Crippen molar-refractivity contribution in [3.63, 3.8) is 0 Å². The highest BCUT2D eigenvalue weighted by Gasteiger charge is 2.24. The van der Waals surface area contributed by atoms with Crippen molar-refractivity contribution in [3.8, 4) is 17.1 Å². The van der Waals surface area contributed by atoms with Gasteiger partial charge in [-0.05, 0) is 55.3 Å². The van der Waals surface area contributed by atoms with E-state index in [1.54, 1.807) is 18.2 Å². The fourth-order valence-corrected chi connectivity index (χ4v) is 6.31. The molecular weight excluding hydrogens is 518 g/mol. The molecule has 0 fully saturated rings. The van der Waals surface area contributed by atoms with Gasteiger partial charge < -0.3 is 5.32 Å². The van der Waals surface area contributed by atoms with Gasteiger partial charge in [0, 0.05) is 30.0 Å². The van der Waals surface area contributed by atoms with Gasteiger partial charge in [0.05, 0.1) is 10.6 Å². The maximum absolute atomic E-state index is 13.1. The summed E-state index contributed by atoms with van der Waals surface area (Å²) in [5, 5.41) is 12.3. The smallest absolute Gasteiger partial charge is 0.243 e. The Morgan fingerprint density at radius 1 is 0.947 bits per heavy atom. The van der Waals surface area contributed by atoms with Gasteiger partial charge in [-0.25, -0.2) is 8.42 Å². The molecule has 0 bridgehead atoms. The van der Waals surface area contributed by atoms with Gasteiger partial charge in [0.1, 0.15) is 0 Å².